The Morgan fingerprint density at radius 3 is 2.16 bits per heavy atom. The molecule has 2 heterocycles. The van der Waals surface area contributed by atoms with Gasteiger partial charge < -0.3 is 9.47 Å². The number of nitrogens with zero attached hydrogens (tertiary/aromatic N) is 3. The van der Waals surface area contributed by atoms with Crippen molar-refractivity contribution in [3.8, 4) is 18.2 Å². The molecule has 4 atom stereocenters. The minimum atomic E-state index is -1.72. The van der Waals surface area contributed by atoms with E-state index in [1.165, 1.54) is 19.3 Å². The number of nitrogens with one attached hydrogen (secondary N) is 1. The smallest absolute Gasteiger partial charge is 0.217 e. The zero-order valence-corrected chi connectivity index (χ0v) is 18.9. The van der Waals surface area contributed by atoms with Crippen LogP contribution in [-0.2, 0) is 9.47 Å². The van der Waals surface area contributed by atoms with Gasteiger partial charge in [0.2, 0.25) is 11.7 Å². The minimum absolute atomic E-state index is 0.228. The Morgan fingerprint density at radius 2 is 1.55 bits per heavy atom. The lowest BCUT2D eigenvalue weighted by Crippen LogP contribution is -2.62. The maximum Gasteiger partial charge on any atom is 0.217 e. The molecule has 31 heavy (non-hydrogen) atoms. The summed E-state index contributed by atoms with van der Waals surface area (Å²) in [5.74, 6) is -1.74. The van der Waals surface area contributed by atoms with Crippen LogP contribution >= 0.6 is 0 Å². The molecule has 2 aliphatic heterocycles. The number of rotatable bonds is 5. The molecule has 6 nitrogen and oxygen atoms in total. The van der Waals surface area contributed by atoms with E-state index >= 15 is 0 Å². The second-order valence-electron chi connectivity index (χ2n) is 9.57. The second-order valence-corrected chi connectivity index (χ2v) is 9.57. The number of nitriles is 3. The van der Waals surface area contributed by atoms with Crippen LogP contribution in [0.4, 0.5) is 0 Å². The van der Waals surface area contributed by atoms with Gasteiger partial charge in [-0.1, -0.05) is 77.6 Å². The molecule has 3 fully saturated rings. The predicted octanol–water partition coefficient (Wildman–Crippen LogP) is 6.13. The van der Waals surface area contributed by atoms with Gasteiger partial charge in [0.25, 0.3) is 0 Å². The van der Waals surface area contributed by atoms with Crippen LogP contribution in [0.15, 0.2) is 0 Å². The van der Waals surface area contributed by atoms with E-state index in [9.17, 15) is 15.8 Å². The number of unbranched alkanes of at least 4 members (excludes halogenated alkanes) is 3. The van der Waals surface area contributed by atoms with Crippen molar-refractivity contribution in [1.29, 1.82) is 21.2 Å². The monoisotopic (exact) mass is 424 g/mol. The number of hydrogen-bond acceptors (Lipinski definition) is 6. The normalized spacial score (nSPS) is 35.2. The first-order valence-corrected chi connectivity index (χ1v) is 12.3. The van der Waals surface area contributed by atoms with Crippen molar-refractivity contribution in [2.75, 3.05) is 0 Å². The highest BCUT2D eigenvalue weighted by Gasteiger charge is 2.79. The summed E-state index contributed by atoms with van der Waals surface area (Å²) >= 11 is 0. The molecule has 3 aliphatic rings. The molecule has 0 radical (unpaired) electrons. The maximum absolute atomic E-state index is 10.5. The molecule has 0 spiro atoms. The van der Waals surface area contributed by atoms with E-state index in [1.54, 1.807) is 0 Å². The van der Waals surface area contributed by atoms with Crippen molar-refractivity contribution in [1.82, 2.24) is 0 Å². The van der Waals surface area contributed by atoms with E-state index in [1.807, 2.05) is 0 Å². The van der Waals surface area contributed by atoms with Crippen LogP contribution < -0.4 is 0 Å². The van der Waals surface area contributed by atoms with Gasteiger partial charge in [0.1, 0.15) is 0 Å². The van der Waals surface area contributed by atoms with Crippen LogP contribution in [-0.4, -0.2) is 17.8 Å². The zero-order valence-electron chi connectivity index (χ0n) is 18.9. The molecular weight excluding hydrogens is 388 g/mol. The summed E-state index contributed by atoms with van der Waals surface area (Å²) in [5, 5.41) is 39.8. The predicted molar refractivity (Wildman–Crippen MR) is 117 cm³/mol. The minimum Gasteiger partial charge on any atom is -0.447 e. The molecule has 1 aliphatic carbocycles. The van der Waals surface area contributed by atoms with Gasteiger partial charge in [0.05, 0.1) is 30.2 Å². The summed E-state index contributed by atoms with van der Waals surface area (Å²) in [6, 6.07) is 6.70. The lowest BCUT2D eigenvalue weighted by atomic mass is 9.52. The number of ether oxygens (including phenoxy) is 2. The van der Waals surface area contributed by atoms with Gasteiger partial charge in [0.15, 0.2) is 10.8 Å². The standard InChI is InChI=1S/C25H36N4O2/c1-2-3-4-12-15-21-23(17-26,18-27)24(19-28)20-14-11-9-7-5-6-8-10-13-16-25(20,30-21)31-22(24)29/h20-21,29H,2-16H2,1H3. The van der Waals surface area contributed by atoms with Crippen molar-refractivity contribution in [2.24, 2.45) is 16.7 Å². The molecule has 1 saturated carbocycles. The fraction of sp³-hybridized carbons (Fsp3) is 0.840. The van der Waals surface area contributed by atoms with E-state index in [2.05, 4.69) is 25.1 Å². The summed E-state index contributed by atoms with van der Waals surface area (Å²) in [6.07, 6.45) is 13.8. The van der Waals surface area contributed by atoms with Crippen LogP contribution in [0, 0.1) is 56.2 Å². The highest BCUT2D eigenvalue weighted by atomic mass is 16.7. The molecule has 0 aromatic rings. The fourth-order valence-electron chi connectivity index (χ4n) is 6.05. The molecule has 0 aromatic heterocycles. The summed E-state index contributed by atoms with van der Waals surface area (Å²) in [6.45, 7) is 2.14. The van der Waals surface area contributed by atoms with Crippen molar-refractivity contribution >= 4 is 5.90 Å². The summed E-state index contributed by atoms with van der Waals surface area (Å²) in [4.78, 5) is 0. The van der Waals surface area contributed by atoms with Crippen molar-refractivity contribution in [3.63, 3.8) is 0 Å². The first-order valence-electron chi connectivity index (χ1n) is 12.3. The van der Waals surface area contributed by atoms with Gasteiger partial charge in [-0.15, -0.1) is 0 Å². The van der Waals surface area contributed by atoms with Crippen LogP contribution in [0.25, 0.3) is 0 Å². The average Bonchev–Trinajstić information content (AvgIpc) is 2.95. The highest BCUT2D eigenvalue weighted by Crippen LogP contribution is 2.65. The SMILES string of the molecule is CCCCCCC1OC23CCCCCCCCCCC2C(C#N)(C(=N)O3)C1(C#N)C#N. The topological polar surface area (TPSA) is 114 Å². The van der Waals surface area contributed by atoms with Crippen LogP contribution in [0.1, 0.15) is 103 Å². The Balaban J connectivity index is 2.03. The third-order valence-corrected chi connectivity index (χ3v) is 7.75. The largest absolute Gasteiger partial charge is 0.447 e. The molecule has 2 saturated heterocycles. The van der Waals surface area contributed by atoms with Crippen LogP contribution in [0.5, 0.6) is 0 Å². The zero-order chi connectivity index (χ0) is 22.4. The summed E-state index contributed by atoms with van der Waals surface area (Å²) in [7, 11) is 0. The van der Waals surface area contributed by atoms with E-state index in [0.717, 1.165) is 57.8 Å². The Morgan fingerprint density at radius 1 is 0.903 bits per heavy atom. The Labute approximate surface area is 187 Å². The lowest BCUT2D eigenvalue weighted by molar-refractivity contribution is -0.286. The number of hydrogen-bond donors (Lipinski definition) is 1. The Bertz CT molecular complexity index is 762. The van der Waals surface area contributed by atoms with E-state index in [0.29, 0.717) is 19.3 Å². The van der Waals surface area contributed by atoms with E-state index in [4.69, 9.17) is 14.9 Å². The van der Waals surface area contributed by atoms with Crippen LogP contribution in [0.3, 0.4) is 0 Å². The first kappa shape index (κ1) is 23.6. The summed E-state index contributed by atoms with van der Waals surface area (Å²) in [5.41, 5.74) is -3.28. The average molecular weight is 425 g/mol. The van der Waals surface area contributed by atoms with Gasteiger partial charge in [0, 0.05) is 6.42 Å². The Hall–Kier alpha value is -2.10. The van der Waals surface area contributed by atoms with Gasteiger partial charge in [-0.25, -0.2) is 0 Å². The molecule has 2 bridgehead atoms. The quantitative estimate of drug-likeness (QED) is 0.533. The third-order valence-electron chi connectivity index (χ3n) is 7.75. The third kappa shape index (κ3) is 3.83. The molecule has 0 amide bonds. The molecule has 0 aromatic carbocycles. The van der Waals surface area contributed by atoms with Crippen molar-refractivity contribution in [2.45, 2.75) is 115 Å². The maximum atomic E-state index is 10.5. The lowest BCUT2D eigenvalue weighted by Gasteiger charge is -2.50. The van der Waals surface area contributed by atoms with Crippen molar-refractivity contribution in [3.05, 3.63) is 0 Å². The van der Waals surface area contributed by atoms with Crippen molar-refractivity contribution < 1.29 is 9.47 Å². The fourth-order valence-corrected chi connectivity index (χ4v) is 6.05. The molecule has 3 rings (SSSR count). The van der Waals surface area contributed by atoms with Gasteiger partial charge in [-0.05, 0) is 19.3 Å². The van der Waals surface area contributed by atoms with Gasteiger partial charge in [-0.3, -0.25) is 5.41 Å². The molecule has 168 valence electrons. The molecule has 4 unspecified atom stereocenters. The van der Waals surface area contributed by atoms with Gasteiger partial charge in [-0.2, -0.15) is 15.8 Å². The summed E-state index contributed by atoms with van der Waals surface area (Å²) < 4.78 is 12.7. The molecule has 6 heteroatoms. The van der Waals surface area contributed by atoms with Crippen LogP contribution in [0.2, 0.25) is 0 Å². The van der Waals surface area contributed by atoms with E-state index < -0.39 is 28.6 Å². The highest BCUT2D eigenvalue weighted by molar-refractivity contribution is 5.89. The van der Waals surface area contributed by atoms with Gasteiger partial charge >= 0.3 is 0 Å². The molecule has 1 N–H and O–H groups in total. The molecular formula is C25H36N4O2. The second kappa shape index (κ2) is 10.0. The van der Waals surface area contributed by atoms with E-state index in [-0.39, 0.29) is 5.90 Å². The first-order chi connectivity index (χ1) is 15.1. The Kier molecular flexibility index (Phi) is 7.61.